The lowest BCUT2D eigenvalue weighted by Crippen LogP contribution is -2.55. The standard InChI is InChI=1S/C28H35FN2O3/c1-19(2)27(34)30-16-4-5-24-25(30)18-28(3,17-21-6-11-22(29)12-7-21)31(24)26(33)15-10-20-8-13-23(32)14-9-20/h6-9,11-14,19,24-25,32H,4-5,10,15-18H2,1-3H3/t24-,25-,28+/m0/s1. The van der Waals surface area contributed by atoms with Crippen LogP contribution in [-0.2, 0) is 22.4 Å². The van der Waals surface area contributed by atoms with Crippen LogP contribution in [0.25, 0.3) is 0 Å². The summed E-state index contributed by atoms with van der Waals surface area (Å²) in [7, 11) is 0. The molecule has 1 N–H and O–H groups in total. The van der Waals surface area contributed by atoms with E-state index in [2.05, 4.69) is 11.8 Å². The Hall–Kier alpha value is -2.89. The third kappa shape index (κ3) is 4.96. The first kappa shape index (κ1) is 24.2. The summed E-state index contributed by atoms with van der Waals surface area (Å²) < 4.78 is 13.5. The molecule has 0 aliphatic carbocycles. The van der Waals surface area contributed by atoms with Crippen LogP contribution in [0.15, 0.2) is 48.5 Å². The van der Waals surface area contributed by atoms with Gasteiger partial charge in [0.1, 0.15) is 11.6 Å². The van der Waals surface area contributed by atoms with Crippen molar-refractivity contribution >= 4 is 11.8 Å². The second-order valence-corrected chi connectivity index (χ2v) is 10.4. The van der Waals surface area contributed by atoms with Crippen molar-refractivity contribution in [2.75, 3.05) is 6.54 Å². The smallest absolute Gasteiger partial charge is 0.225 e. The maximum absolute atomic E-state index is 13.7. The Kier molecular flexibility index (Phi) is 6.96. The van der Waals surface area contributed by atoms with Gasteiger partial charge in [-0.2, -0.15) is 0 Å². The Morgan fingerprint density at radius 2 is 1.71 bits per heavy atom. The molecule has 5 nitrogen and oxygen atoms in total. The lowest BCUT2D eigenvalue weighted by atomic mass is 9.87. The van der Waals surface area contributed by atoms with Crippen molar-refractivity contribution in [1.29, 1.82) is 0 Å². The van der Waals surface area contributed by atoms with Crippen LogP contribution >= 0.6 is 0 Å². The van der Waals surface area contributed by atoms with Crippen LogP contribution in [-0.4, -0.2) is 50.9 Å². The number of aryl methyl sites for hydroxylation is 1. The van der Waals surface area contributed by atoms with Crippen LogP contribution in [0.2, 0.25) is 0 Å². The highest BCUT2D eigenvalue weighted by Crippen LogP contribution is 2.43. The quantitative estimate of drug-likeness (QED) is 0.671. The Morgan fingerprint density at radius 3 is 2.35 bits per heavy atom. The molecule has 2 aromatic rings. The molecular weight excluding hydrogens is 431 g/mol. The molecule has 2 aliphatic heterocycles. The van der Waals surface area contributed by atoms with Crippen molar-refractivity contribution in [3.05, 3.63) is 65.5 Å². The summed E-state index contributed by atoms with van der Waals surface area (Å²) in [5, 5.41) is 9.54. The number of carbonyl (C=O) groups is 2. The highest BCUT2D eigenvalue weighted by atomic mass is 19.1. The highest BCUT2D eigenvalue weighted by Gasteiger charge is 2.54. The van der Waals surface area contributed by atoms with Crippen molar-refractivity contribution < 1.29 is 19.1 Å². The summed E-state index contributed by atoms with van der Waals surface area (Å²) in [5.41, 5.74) is 1.53. The van der Waals surface area contributed by atoms with Gasteiger partial charge in [-0.15, -0.1) is 0 Å². The maximum Gasteiger partial charge on any atom is 0.225 e. The van der Waals surface area contributed by atoms with Gasteiger partial charge in [-0.3, -0.25) is 9.59 Å². The van der Waals surface area contributed by atoms with E-state index < -0.39 is 5.54 Å². The van der Waals surface area contributed by atoms with E-state index in [1.165, 1.54) is 12.1 Å². The van der Waals surface area contributed by atoms with Gasteiger partial charge in [-0.1, -0.05) is 38.1 Å². The molecule has 0 unspecified atom stereocenters. The number of hydrogen-bond donors (Lipinski definition) is 1. The van der Waals surface area contributed by atoms with Gasteiger partial charge in [0.2, 0.25) is 11.8 Å². The number of nitrogens with zero attached hydrogens (tertiary/aromatic N) is 2. The van der Waals surface area contributed by atoms with Crippen molar-refractivity contribution in [1.82, 2.24) is 9.80 Å². The predicted molar refractivity (Wildman–Crippen MR) is 130 cm³/mol. The van der Waals surface area contributed by atoms with Gasteiger partial charge >= 0.3 is 0 Å². The third-order valence-corrected chi connectivity index (χ3v) is 7.41. The molecule has 2 aromatic carbocycles. The number of phenols is 1. The summed E-state index contributed by atoms with van der Waals surface area (Å²) in [4.78, 5) is 30.8. The van der Waals surface area contributed by atoms with Crippen LogP contribution in [0.3, 0.4) is 0 Å². The molecular formula is C28H35FN2O3. The fraction of sp³-hybridized carbons (Fsp3) is 0.500. The largest absolute Gasteiger partial charge is 0.508 e. The second kappa shape index (κ2) is 9.77. The van der Waals surface area contributed by atoms with Gasteiger partial charge in [-0.25, -0.2) is 4.39 Å². The summed E-state index contributed by atoms with van der Waals surface area (Å²) in [6, 6.07) is 13.5. The maximum atomic E-state index is 13.7. The molecule has 0 radical (unpaired) electrons. The number of phenolic OH excluding ortho intramolecular Hbond substituents is 1. The van der Waals surface area contributed by atoms with E-state index >= 15 is 0 Å². The van der Waals surface area contributed by atoms with E-state index in [9.17, 15) is 19.1 Å². The van der Waals surface area contributed by atoms with E-state index in [-0.39, 0.29) is 41.4 Å². The molecule has 2 aliphatic rings. The zero-order valence-electron chi connectivity index (χ0n) is 20.3. The molecule has 0 spiro atoms. The monoisotopic (exact) mass is 466 g/mol. The highest BCUT2D eigenvalue weighted by molar-refractivity contribution is 5.81. The molecule has 0 aromatic heterocycles. The molecule has 0 saturated carbocycles. The minimum absolute atomic E-state index is 0.00536. The number of fused-ring (bicyclic) bond motifs is 1. The van der Waals surface area contributed by atoms with Crippen LogP contribution in [0.5, 0.6) is 5.75 Å². The predicted octanol–water partition coefficient (Wildman–Crippen LogP) is 4.71. The fourth-order valence-electron chi connectivity index (χ4n) is 5.86. The lowest BCUT2D eigenvalue weighted by molar-refractivity contribution is -0.143. The van der Waals surface area contributed by atoms with Crippen LogP contribution in [0, 0.1) is 11.7 Å². The molecule has 2 amide bonds. The Morgan fingerprint density at radius 1 is 1.06 bits per heavy atom. The minimum Gasteiger partial charge on any atom is -0.508 e. The first-order chi connectivity index (χ1) is 16.2. The molecule has 6 heteroatoms. The summed E-state index contributed by atoms with van der Waals surface area (Å²) in [5.74, 6) is 0.0913. The molecule has 34 heavy (non-hydrogen) atoms. The van der Waals surface area contributed by atoms with E-state index in [0.717, 1.165) is 36.9 Å². The van der Waals surface area contributed by atoms with E-state index in [0.29, 0.717) is 19.3 Å². The average Bonchev–Trinajstić information content (AvgIpc) is 3.11. The molecule has 2 saturated heterocycles. The topological polar surface area (TPSA) is 60.9 Å². The number of rotatable bonds is 6. The van der Waals surface area contributed by atoms with Crippen molar-refractivity contribution in [3.63, 3.8) is 0 Å². The van der Waals surface area contributed by atoms with Crippen LogP contribution in [0.1, 0.15) is 57.6 Å². The van der Waals surface area contributed by atoms with Crippen LogP contribution < -0.4 is 0 Å². The van der Waals surface area contributed by atoms with Gasteiger partial charge in [0, 0.05) is 24.4 Å². The SMILES string of the molecule is CC(C)C(=O)N1CCC[C@H]2[C@@H]1C[C@@](C)(Cc1ccc(F)cc1)N2C(=O)CCc1ccc(O)cc1. The first-order valence-corrected chi connectivity index (χ1v) is 12.3. The van der Waals surface area contributed by atoms with Crippen molar-refractivity contribution in [3.8, 4) is 5.75 Å². The zero-order chi connectivity index (χ0) is 24.5. The molecule has 0 bridgehead atoms. The Bertz CT molecular complexity index is 1020. The normalized spacial score (nSPS) is 24.4. The molecule has 4 rings (SSSR count). The van der Waals surface area contributed by atoms with E-state index in [4.69, 9.17) is 0 Å². The number of halogens is 1. The van der Waals surface area contributed by atoms with Crippen molar-refractivity contribution in [2.45, 2.75) is 76.9 Å². The lowest BCUT2D eigenvalue weighted by Gasteiger charge is -2.42. The Balaban J connectivity index is 1.61. The van der Waals surface area contributed by atoms with E-state index in [1.807, 2.05) is 30.9 Å². The van der Waals surface area contributed by atoms with Gasteiger partial charge in [-0.05, 0) is 74.4 Å². The first-order valence-electron chi connectivity index (χ1n) is 12.3. The number of aromatic hydroxyl groups is 1. The Labute approximate surface area is 201 Å². The average molecular weight is 467 g/mol. The number of benzene rings is 2. The summed E-state index contributed by atoms with van der Waals surface area (Å²) >= 11 is 0. The third-order valence-electron chi connectivity index (χ3n) is 7.41. The fourth-order valence-corrected chi connectivity index (χ4v) is 5.86. The summed E-state index contributed by atoms with van der Waals surface area (Å²) in [6.45, 7) is 6.71. The number of hydrogen-bond acceptors (Lipinski definition) is 3. The van der Waals surface area contributed by atoms with E-state index in [1.54, 1.807) is 24.3 Å². The molecule has 2 heterocycles. The molecule has 3 atom stereocenters. The number of likely N-dealkylation sites (tertiary alicyclic amines) is 2. The zero-order valence-corrected chi connectivity index (χ0v) is 20.3. The van der Waals surface area contributed by atoms with Crippen LogP contribution in [0.4, 0.5) is 4.39 Å². The van der Waals surface area contributed by atoms with Gasteiger partial charge in [0.25, 0.3) is 0 Å². The number of piperidine rings is 1. The minimum atomic E-state index is -0.459. The number of amides is 2. The second-order valence-electron chi connectivity index (χ2n) is 10.4. The van der Waals surface area contributed by atoms with Crippen molar-refractivity contribution in [2.24, 2.45) is 5.92 Å². The van der Waals surface area contributed by atoms with Gasteiger partial charge in [0.15, 0.2) is 0 Å². The van der Waals surface area contributed by atoms with Gasteiger partial charge in [0.05, 0.1) is 12.1 Å². The summed E-state index contributed by atoms with van der Waals surface area (Å²) in [6.07, 6.45) is 4.07. The molecule has 2 fully saturated rings. The number of carbonyl (C=O) groups excluding carboxylic acids is 2. The van der Waals surface area contributed by atoms with Gasteiger partial charge < -0.3 is 14.9 Å². The molecule has 182 valence electrons.